The van der Waals surface area contributed by atoms with Gasteiger partial charge in [-0.15, -0.1) is 0 Å². The molecule has 0 aliphatic heterocycles. The maximum absolute atomic E-state index is 2.43. The molecule has 86 valence electrons. The standard InChI is InChI=1S/C14H30/c1-9-10-13(5,6)12(4)14(7,8)11(2)3/h11-12H,9-10H2,1-8H3. The van der Waals surface area contributed by atoms with Crippen molar-refractivity contribution in [3.63, 3.8) is 0 Å². The minimum atomic E-state index is 0.443. The van der Waals surface area contributed by atoms with Gasteiger partial charge in [-0.05, 0) is 29.1 Å². The van der Waals surface area contributed by atoms with Crippen LogP contribution in [0.5, 0.6) is 0 Å². The van der Waals surface area contributed by atoms with E-state index in [2.05, 4.69) is 55.4 Å². The summed E-state index contributed by atoms with van der Waals surface area (Å²) >= 11 is 0. The van der Waals surface area contributed by atoms with Gasteiger partial charge in [-0.25, -0.2) is 0 Å². The van der Waals surface area contributed by atoms with Crippen molar-refractivity contribution >= 4 is 0 Å². The molecule has 0 aliphatic rings. The summed E-state index contributed by atoms with van der Waals surface area (Å²) in [5.41, 5.74) is 0.918. The summed E-state index contributed by atoms with van der Waals surface area (Å²) in [6, 6.07) is 0. The molecule has 0 rings (SSSR count). The van der Waals surface area contributed by atoms with Crippen LogP contribution in [0.2, 0.25) is 0 Å². The highest BCUT2D eigenvalue weighted by molar-refractivity contribution is 4.87. The predicted molar refractivity (Wildman–Crippen MR) is 66.5 cm³/mol. The van der Waals surface area contributed by atoms with Crippen molar-refractivity contribution in [2.24, 2.45) is 22.7 Å². The number of hydrogen-bond acceptors (Lipinski definition) is 0. The third kappa shape index (κ3) is 3.00. The third-order valence-corrected chi connectivity index (χ3v) is 4.67. The van der Waals surface area contributed by atoms with Gasteiger partial charge in [0.15, 0.2) is 0 Å². The van der Waals surface area contributed by atoms with E-state index < -0.39 is 0 Å². The summed E-state index contributed by atoms with van der Waals surface area (Å²) in [4.78, 5) is 0. The molecule has 0 spiro atoms. The topological polar surface area (TPSA) is 0 Å². The summed E-state index contributed by atoms with van der Waals surface area (Å²) < 4.78 is 0. The van der Waals surface area contributed by atoms with Gasteiger partial charge in [0.2, 0.25) is 0 Å². The second-order valence-electron chi connectivity index (χ2n) is 6.44. The minimum Gasteiger partial charge on any atom is -0.0654 e. The quantitative estimate of drug-likeness (QED) is 0.574. The Morgan fingerprint density at radius 3 is 1.64 bits per heavy atom. The van der Waals surface area contributed by atoms with Crippen LogP contribution in [0.3, 0.4) is 0 Å². The zero-order chi connectivity index (χ0) is 11.6. The van der Waals surface area contributed by atoms with Gasteiger partial charge in [0.05, 0.1) is 0 Å². The Kier molecular flexibility index (Phi) is 4.68. The van der Waals surface area contributed by atoms with E-state index >= 15 is 0 Å². The van der Waals surface area contributed by atoms with E-state index in [1.807, 2.05) is 0 Å². The van der Waals surface area contributed by atoms with Gasteiger partial charge in [-0.3, -0.25) is 0 Å². The lowest BCUT2D eigenvalue weighted by atomic mass is 9.60. The molecule has 0 fully saturated rings. The first-order valence-corrected chi connectivity index (χ1v) is 6.16. The SMILES string of the molecule is CCCC(C)(C)C(C)C(C)(C)C(C)C. The largest absolute Gasteiger partial charge is 0.0654 e. The van der Waals surface area contributed by atoms with E-state index in [-0.39, 0.29) is 0 Å². The zero-order valence-electron chi connectivity index (χ0n) is 11.6. The third-order valence-electron chi connectivity index (χ3n) is 4.67. The lowest BCUT2D eigenvalue weighted by Crippen LogP contribution is -2.37. The lowest BCUT2D eigenvalue weighted by molar-refractivity contribution is 0.0421. The Balaban J connectivity index is 4.66. The monoisotopic (exact) mass is 198 g/mol. The number of rotatable bonds is 5. The van der Waals surface area contributed by atoms with Gasteiger partial charge in [0.25, 0.3) is 0 Å². The highest BCUT2D eigenvalue weighted by Gasteiger charge is 2.38. The molecular weight excluding hydrogens is 168 g/mol. The number of hydrogen-bond donors (Lipinski definition) is 0. The van der Waals surface area contributed by atoms with E-state index in [4.69, 9.17) is 0 Å². The Morgan fingerprint density at radius 2 is 1.36 bits per heavy atom. The van der Waals surface area contributed by atoms with Crippen LogP contribution in [0.15, 0.2) is 0 Å². The van der Waals surface area contributed by atoms with Gasteiger partial charge < -0.3 is 0 Å². The van der Waals surface area contributed by atoms with Crippen molar-refractivity contribution < 1.29 is 0 Å². The average molecular weight is 198 g/mol. The second kappa shape index (κ2) is 4.68. The Bertz CT molecular complexity index is 163. The summed E-state index contributed by atoms with van der Waals surface area (Å²) in [6.45, 7) is 19.1. The second-order valence-corrected chi connectivity index (χ2v) is 6.44. The van der Waals surface area contributed by atoms with Crippen molar-refractivity contribution in [1.29, 1.82) is 0 Å². The van der Waals surface area contributed by atoms with Crippen LogP contribution in [0.25, 0.3) is 0 Å². The highest BCUT2D eigenvalue weighted by atomic mass is 14.4. The van der Waals surface area contributed by atoms with Gasteiger partial charge in [0, 0.05) is 0 Å². The summed E-state index contributed by atoms with van der Waals surface area (Å²) in [6.07, 6.45) is 2.63. The van der Waals surface area contributed by atoms with E-state index in [1.54, 1.807) is 0 Å². The minimum absolute atomic E-state index is 0.443. The Labute approximate surface area is 91.5 Å². The van der Waals surface area contributed by atoms with Crippen molar-refractivity contribution in [1.82, 2.24) is 0 Å². The highest BCUT2D eigenvalue weighted by Crippen LogP contribution is 2.46. The molecule has 0 bridgehead atoms. The fraction of sp³-hybridized carbons (Fsp3) is 1.00. The molecule has 0 aromatic carbocycles. The first-order chi connectivity index (χ1) is 6.16. The molecule has 0 aromatic rings. The van der Waals surface area contributed by atoms with E-state index in [0.717, 1.165) is 11.8 Å². The first kappa shape index (κ1) is 14.0. The Hall–Kier alpha value is 0. The van der Waals surface area contributed by atoms with Crippen molar-refractivity contribution in [3.8, 4) is 0 Å². The molecule has 0 radical (unpaired) electrons. The maximum atomic E-state index is 2.43. The van der Waals surface area contributed by atoms with Crippen LogP contribution in [0.1, 0.15) is 68.2 Å². The smallest absolute Gasteiger partial charge is 0.0300 e. The van der Waals surface area contributed by atoms with Crippen LogP contribution in [-0.2, 0) is 0 Å². The molecule has 0 heteroatoms. The van der Waals surface area contributed by atoms with Crippen molar-refractivity contribution in [2.75, 3.05) is 0 Å². The van der Waals surface area contributed by atoms with E-state index in [1.165, 1.54) is 12.8 Å². The zero-order valence-corrected chi connectivity index (χ0v) is 11.6. The van der Waals surface area contributed by atoms with Gasteiger partial charge in [-0.2, -0.15) is 0 Å². The Morgan fingerprint density at radius 1 is 0.929 bits per heavy atom. The molecule has 0 aliphatic carbocycles. The molecule has 1 unspecified atom stereocenters. The first-order valence-electron chi connectivity index (χ1n) is 6.16. The van der Waals surface area contributed by atoms with Crippen LogP contribution in [0, 0.1) is 22.7 Å². The van der Waals surface area contributed by atoms with Gasteiger partial charge in [-0.1, -0.05) is 61.8 Å². The molecule has 0 saturated carbocycles. The molecule has 0 saturated heterocycles. The summed E-state index contributed by atoms with van der Waals surface area (Å²) in [5.74, 6) is 1.53. The molecular formula is C14H30. The lowest BCUT2D eigenvalue weighted by Gasteiger charge is -2.45. The van der Waals surface area contributed by atoms with Crippen molar-refractivity contribution in [2.45, 2.75) is 68.2 Å². The van der Waals surface area contributed by atoms with E-state index in [9.17, 15) is 0 Å². The molecule has 0 heterocycles. The molecule has 0 amide bonds. The summed E-state index contributed by atoms with van der Waals surface area (Å²) in [5, 5.41) is 0. The molecule has 0 nitrogen and oxygen atoms in total. The fourth-order valence-electron chi connectivity index (χ4n) is 2.37. The molecule has 1 atom stereocenters. The van der Waals surface area contributed by atoms with Crippen LogP contribution in [-0.4, -0.2) is 0 Å². The normalized spacial score (nSPS) is 16.1. The molecule has 14 heavy (non-hydrogen) atoms. The van der Waals surface area contributed by atoms with Gasteiger partial charge in [0.1, 0.15) is 0 Å². The summed E-state index contributed by atoms with van der Waals surface area (Å²) in [7, 11) is 0. The molecule has 0 aromatic heterocycles. The predicted octanol–water partition coefficient (Wildman–Crippen LogP) is 5.13. The molecule has 0 N–H and O–H groups in total. The van der Waals surface area contributed by atoms with Gasteiger partial charge >= 0.3 is 0 Å². The maximum Gasteiger partial charge on any atom is -0.0300 e. The van der Waals surface area contributed by atoms with Crippen molar-refractivity contribution in [3.05, 3.63) is 0 Å². The van der Waals surface area contributed by atoms with Crippen LogP contribution in [0.4, 0.5) is 0 Å². The van der Waals surface area contributed by atoms with Crippen LogP contribution >= 0.6 is 0 Å². The van der Waals surface area contributed by atoms with Crippen LogP contribution < -0.4 is 0 Å². The van der Waals surface area contributed by atoms with E-state index in [0.29, 0.717) is 10.8 Å². The average Bonchev–Trinajstić information content (AvgIpc) is 2.02. The fourth-order valence-corrected chi connectivity index (χ4v) is 2.37.